The molecule has 1 unspecified atom stereocenters. The van der Waals surface area contributed by atoms with Crippen LogP contribution in [0, 0.1) is 0 Å². The SMILES string of the molecule is CC(Cc1ccccc1)OC(=O)NN. The van der Waals surface area contributed by atoms with Gasteiger partial charge in [0.1, 0.15) is 6.10 Å². The first-order valence-corrected chi connectivity index (χ1v) is 4.43. The third-order valence-corrected chi connectivity index (χ3v) is 1.79. The van der Waals surface area contributed by atoms with E-state index in [-0.39, 0.29) is 6.10 Å². The fourth-order valence-electron chi connectivity index (χ4n) is 1.20. The molecule has 0 radical (unpaired) electrons. The molecule has 0 saturated carbocycles. The third kappa shape index (κ3) is 3.45. The highest BCUT2D eigenvalue weighted by Crippen LogP contribution is 2.05. The first-order chi connectivity index (χ1) is 6.72. The second-order valence-electron chi connectivity index (χ2n) is 3.05. The summed E-state index contributed by atoms with van der Waals surface area (Å²) in [7, 11) is 0. The normalized spacial score (nSPS) is 11.9. The summed E-state index contributed by atoms with van der Waals surface area (Å²) in [5.74, 6) is 4.89. The predicted molar refractivity (Wildman–Crippen MR) is 53.4 cm³/mol. The molecule has 0 aliphatic rings. The van der Waals surface area contributed by atoms with Crippen molar-refractivity contribution < 1.29 is 9.53 Å². The Labute approximate surface area is 83.0 Å². The molecule has 14 heavy (non-hydrogen) atoms. The average Bonchev–Trinajstić information content (AvgIpc) is 2.19. The maximum absolute atomic E-state index is 10.8. The van der Waals surface area contributed by atoms with Gasteiger partial charge >= 0.3 is 6.09 Å². The van der Waals surface area contributed by atoms with E-state index in [1.165, 1.54) is 0 Å². The monoisotopic (exact) mass is 194 g/mol. The van der Waals surface area contributed by atoms with Crippen LogP contribution in [0.25, 0.3) is 0 Å². The number of carbonyl (C=O) groups excluding carboxylic acids is 1. The van der Waals surface area contributed by atoms with Crippen molar-refractivity contribution in [3.8, 4) is 0 Å². The van der Waals surface area contributed by atoms with E-state index in [0.717, 1.165) is 5.56 Å². The summed E-state index contributed by atoms with van der Waals surface area (Å²) in [6.45, 7) is 1.82. The van der Waals surface area contributed by atoms with Crippen molar-refractivity contribution in [3.05, 3.63) is 35.9 Å². The van der Waals surface area contributed by atoms with Crippen LogP contribution in [0.15, 0.2) is 30.3 Å². The summed E-state index contributed by atoms with van der Waals surface area (Å²) in [6, 6.07) is 9.82. The van der Waals surface area contributed by atoms with Crippen molar-refractivity contribution in [3.63, 3.8) is 0 Å². The smallest absolute Gasteiger partial charge is 0.421 e. The number of nitrogens with two attached hydrogens (primary N) is 1. The quantitative estimate of drug-likeness (QED) is 0.432. The van der Waals surface area contributed by atoms with Gasteiger partial charge in [0.2, 0.25) is 0 Å². The predicted octanol–water partition coefficient (Wildman–Crippen LogP) is 1.22. The molecule has 1 aromatic rings. The molecule has 4 nitrogen and oxygen atoms in total. The van der Waals surface area contributed by atoms with Crippen LogP contribution in [-0.4, -0.2) is 12.2 Å². The zero-order chi connectivity index (χ0) is 10.4. The van der Waals surface area contributed by atoms with Crippen molar-refractivity contribution in [2.75, 3.05) is 0 Å². The molecule has 0 saturated heterocycles. The fraction of sp³-hybridized carbons (Fsp3) is 0.300. The molecule has 3 N–H and O–H groups in total. The number of rotatable bonds is 3. The molecule has 0 aliphatic heterocycles. The van der Waals surface area contributed by atoms with Crippen molar-refractivity contribution in [1.82, 2.24) is 5.43 Å². The van der Waals surface area contributed by atoms with Crippen molar-refractivity contribution in [2.45, 2.75) is 19.4 Å². The number of ether oxygens (including phenoxy) is 1. The number of hydrogen-bond acceptors (Lipinski definition) is 3. The summed E-state index contributed by atoms with van der Waals surface area (Å²) >= 11 is 0. The maximum Gasteiger partial charge on any atom is 0.421 e. The van der Waals surface area contributed by atoms with E-state index in [9.17, 15) is 4.79 Å². The minimum absolute atomic E-state index is 0.180. The first-order valence-electron chi connectivity index (χ1n) is 4.43. The van der Waals surface area contributed by atoms with E-state index in [1.807, 2.05) is 42.7 Å². The van der Waals surface area contributed by atoms with Crippen molar-refractivity contribution >= 4 is 6.09 Å². The number of hydrazine groups is 1. The van der Waals surface area contributed by atoms with Crippen LogP contribution in [0.5, 0.6) is 0 Å². The van der Waals surface area contributed by atoms with Gasteiger partial charge in [0.15, 0.2) is 0 Å². The van der Waals surface area contributed by atoms with Gasteiger partial charge in [0.05, 0.1) is 0 Å². The van der Waals surface area contributed by atoms with Crippen molar-refractivity contribution in [1.29, 1.82) is 0 Å². The number of carbonyl (C=O) groups is 1. The van der Waals surface area contributed by atoms with Crippen LogP contribution in [0.1, 0.15) is 12.5 Å². The van der Waals surface area contributed by atoms with Crippen LogP contribution in [0.4, 0.5) is 4.79 Å². The fourth-order valence-corrected chi connectivity index (χ4v) is 1.20. The summed E-state index contributed by atoms with van der Waals surface area (Å²) in [5.41, 5.74) is 3.05. The van der Waals surface area contributed by atoms with Gasteiger partial charge < -0.3 is 4.74 Å². The van der Waals surface area contributed by atoms with Crippen LogP contribution in [-0.2, 0) is 11.2 Å². The molecule has 0 bridgehead atoms. The lowest BCUT2D eigenvalue weighted by Crippen LogP contribution is -2.33. The molecule has 1 atom stereocenters. The zero-order valence-electron chi connectivity index (χ0n) is 8.07. The van der Waals surface area contributed by atoms with Gasteiger partial charge in [0, 0.05) is 6.42 Å². The molecule has 1 aromatic carbocycles. The number of benzene rings is 1. The Morgan fingerprint density at radius 2 is 2.14 bits per heavy atom. The summed E-state index contributed by atoms with van der Waals surface area (Å²) in [5, 5.41) is 0. The summed E-state index contributed by atoms with van der Waals surface area (Å²) < 4.78 is 4.93. The van der Waals surface area contributed by atoms with Gasteiger partial charge in [-0.15, -0.1) is 0 Å². The largest absolute Gasteiger partial charge is 0.445 e. The van der Waals surface area contributed by atoms with E-state index < -0.39 is 6.09 Å². The van der Waals surface area contributed by atoms with Gasteiger partial charge in [-0.3, -0.25) is 5.43 Å². The molecule has 76 valence electrons. The Kier molecular flexibility index (Phi) is 3.94. The topological polar surface area (TPSA) is 64.3 Å². The lowest BCUT2D eigenvalue weighted by Gasteiger charge is -2.12. The minimum Gasteiger partial charge on any atom is -0.445 e. The van der Waals surface area contributed by atoms with Gasteiger partial charge in [-0.05, 0) is 12.5 Å². The second-order valence-corrected chi connectivity index (χ2v) is 3.05. The van der Waals surface area contributed by atoms with E-state index >= 15 is 0 Å². The molecule has 0 aromatic heterocycles. The minimum atomic E-state index is -0.603. The maximum atomic E-state index is 10.8. The molecule has 0 aliphatic carbocycles. The van der Waals surface area contributed by atoms with E-state index in [2.05, 4.69) is 0 Å². The Balaban J connectivity index is 2.41. The Bertz CT molecular complexity index is 287. The number of amides is 1. The van der Waals surface area contributed by atoms with Crippen LogP contribution >= 0.6 is 0 Å². The lowest BCUT2D eigenvalue weighted by atomic mass is 10.1. The standard InChI is InChI=1S/C10H14N2O2/c1-8(14-10(13)12-11)7-9-5-3-2-4-6-9/h2-6,8H,7,11H2,1H3,(H,12,13). The number of nitrogens with one attached hydrogen (secondary N) is 1. The second kappa shape index (κ2) is 5.24. The summed E-state index contributed by atoms with van der Waals surface area (Å²) in [6.07, 6.45) is -0.0942. The van der Waals surface area contributed by atoms with Crippen LogP contribution in [0.2, 0.25) is 0 Å². The average molecular weight is 194 g/mol. The molecule has 1 rings (SSSR count). The first kappa shape index (κ1) is 10.5. The molecular weight excluding hydrogens is 180 g/mol. The van der Waals surface area contributed by atoms with Gasteiger partial charge in [-0.25, -0.2) is 10.6 Å². The van der Waals surface area contributed by atoms with E-state index in [4.69, 9.17) is 10.6 Å². The highest BCUT2D eigenvalue weighted by Gasteiger charge is 2.07. The molecule has 1 amide bonds. The Morgan fingerprint density at radius 3 is 2.71 bits per heavy atom. The van der Waals surface area contributed by atoms with Gasteiger partial charge in [-0.2, -0.15) is 0 Å². The van der Waals surface area contributed by atoms with Crippen molar-refractivity contribution in [2.24, 2.45) is 5.84 Å². The van der Waals surface area contributed by atoms with Crippen LogP contribution < -0.4 is 11.3 Å². The molecule has 4 heteroatoms. The van der Waals surface area contributed by atoms with E-state index in [1.54, 1.807) is 0 Å². The molecule has 0 fully saturated rings. The Hall–Kier alpha value is -1.55. The summed E-state index contributed by atoms with van der Waals surface area (Å²) in [4.78, 5) is 10.8. The Morgan fingerprint density at radius 1 is 1.50 bits per heavy atom. The lowest BCUT2D eigenvalue weighted by molar-refractivity contribution is 0.107. The zero-order valence-corrected chi connectivity index (χ0v) is 8.07. The highest BCUT2D eigenvalue weighted by molar-refractivity contribution is 5.66. The molecule has 0 heterocycles. The number of hydrogen-bond donors (Lipinski definition) is 2. The third-order valence-electron chi connectivity index (χ3n) is 1.79. The van der Waals surface area contributed by atoms with Crippen LogP contribution in [0.3, 0.4) is 0 Å². The molecular formula is C10H14N2O2. The molecule has 0 spiro atoms. The highest BCUT2D eigenvalue weighted by atomic mass is 16.6. The van der Waals surface area contributed by atoms with Gasteiger partial charge in [-0.1, -0.05) is 30.3 Å². The van der Waals surface area contributed by atoms with Gasteiger partial charge in [0.25, 0.3) is 0 Å². The van der Waals surface area contributed by atoms with E-state index in [0.29, 0.717) is 6.42 Å².